The Balaban J connectivity index is 1.74. The molecule has 0 aliphatic carbocycles. The summed E-state index contributed by atoms with van der Waals surface area (Å²) in [5.41, 5.74) is 5.68. The standard InChI is InChI=1S/C19H22N4OS2/c1-19(2,3)15-6-8-16(9-7-15)22-17(24)13-26-18(25)23-21-12-14-5-4-10-20-11-14/h4-12H,13H2,1-3H3,(H,22,24)(H,23,25)/b21-12+. The number of amides is 1. The van der Waals surface area contributed by atoms with Crippen LogP contribution in [-0.4, -0.2) is 27.2 Å². The lowest BCUT2D eigenvalue weighted by Crippen LogP contribution is -2.19. The van der Waals surface area contributed by atoms with Gasteiger partial charge in [-0.1, -0.05) is 63.0 Å². The molecule has 1 amide bonds. The predicted molar refractivity (Wildman–Crippen MR) is 114 cm³/mol. The number of hydrogen-bond acceptors (Lipinski definition) is 5. The molecule has 2 rings (SSSR count). The number of hydrazone groups is 1. The molecule has 0 aliphatic rings. The largest absolute Gasteiger partial charge is 0.325 e. The summed E-state index contributed by atoms with van der Waals surface area (Å²) in [6.45, 7) is 6.46. The average molecular weight is 387 g/mol. The molecule has 0 spiro atoms. The van der Waals surface area contributed by atoms with Crippen molar-refractivity contribution in [1.82, 2.24) is 10.4 Å². The van der Waals surface area contributed by atoms with Crippen LogP contribution in [0.1, 0.15) is 31.9 Å². The number of benzene rings is 1. The van der Waals surface area contributed by atoms with Gasteiger partial charge >= 0.3 is 0 Å². The molecule has 0 fully saturated rings. The molecule has 1 aromatic heterocycles. The van der Waals surface area contributed by atoms with Gasteiger partial charge in [0.05, 0.1) is 12.0 Å². The lowest BCUT2D eigenvalue weighted by molar-refractivity contribution is -0.113. The quantitative estimate of drug-likeness (QED) is 0.463. The zero-order valence-corrected chi connectivity index (χ0v) is 16.7. The van der Waals surface area contributed by atoms with Crippen molar-refractivity contribution in [3.63, 3.8) is 0 Å². The summed E-state index contributed by atoms with van der Waals surface area (Å²) >= 11 is 6.38. The first-order chi connectivity index (χ1) is 12.3. The Bertz CT molecular complexity index is 768. The molecule has 0 aliphatic heterocycles. The third-order valence-corrected chi connectivity index (χ3v) is 4.63. The number of carbonyl (C=O) groups is 1. The third-order valence-electron chi connectivity index (χ3n) is 3.42. The molecule has 1 aromatic carbocycles. The third kappa shape index (κ3) is 6.93. The zero-order valence-electron chi connectivity index (χ0n) is 15.0. The highest BCUT2D eigenvalue weighted by Gasteiger charge is 2.13. The van der Waals surface area contributed by atoms with Gasteiger partial charge in [-0.05, 0) is 29.2 Å². The summed E-state index contributed by atoms with van der Waals surface area (Å²) in [6.07, 6.45) is 5.01. The van der Waals surface area contributed by atoms with E-state index >= 15 is 0 Å². The number of carbonyl (C=O) groups excluding carboxylic acids is 1. The fourth-order valence-corrected chi connectivity index (χ4v) is 2.71. The Morgan fingerprint density at radius 3 is 2.62 bits per heavy atom. The first-order valence-electron chi connectivity index (χ1n) is 8.11. The topological polar surface area (TPSA) is 66.4 Å². The molecular formula is C19H22N4OS2. The van der Waals surface area contributed by atoms with Gasteiger partial charge in [-0.25, -0.2) is 0 Å². The summed E-state index contributed by atoms with van der Waals surface area (Å²) in [4.78, 5) is 16.0. The fourth-order valence-electron chi connectivity index (χ4n) is 2.03. The average Bonchev–Trinajstić information content (AvgIpc) is 2.60. The SMILES string of the molecule is CC(C)(C)c1ccc(NC(=O)CSC(=S)N/N=C/c2cccnc2)cc1. The maximum absolute atomic E-state index is 12.0. The molecule has 136 valence electrons. The second kappa shape index (κ2) is 9.45. The van der Waals surface area contributed by atoms with E-state index in [4.69, 9.17) is 12.2 Å². The number of nitrogens with zero attached hydrogens (tertiary/aromatic N) is 2. The monoisotopic (exact) mass is 386 g/mol. The van der Waals surface area contributed by atoms with Gasteiger partial charge in [-0.2, -0.15) is 5.10 Å². The normalized spacial score (nSPS) is 11.3. The maximum Gasteiger partial charge on any atom is 0.234 e. The van der Waals surface area contributed by atoms with Crippen LogP contribution in [0, 0.1) is 0 Å². The first kappa shape index (κ1) is 20.1. The van der Waals surface area contributed by atoms with Crippen molar-refractivity contribution < 1.29 is 4.79 Å². The van der Waals surface area contributed by atoms with E-state index in [9.17, 15) is 4.79 Å². The predicted octanol–water partition coefficient (Wildman–Crippen LogP) is 3.96. The lowest BCUT2D eigenvalue weighted by atomic mass is 9.87. The van der Waals surface area contributed by atoms with E-state index in [1.54, 1.807) is 18.6 Å². The lowest BCUT2D eigenvalue weighted by Gasteiger charge is -2.19. The number of thioether (sulfide) groups is 1. The first-order valence-corrected chi connectivity index (χ1v) is 9.50. The molecule has 2 aromatic rings. The van der Waals surface area contributed by atoms with Crippen molar-refractivity contribution >= 4 is 46.1 Å². The van der Waals surface area contributed by atoms with Gasteiger partial charge < -0.3 is 5.32 Å². The van der Waals surface area contributed by atoms with Gasteiger partial charge in [-0.15, -0.1) is 0 Å². The van der Waals surface area contributed by atoms with E-state index < -0.39 is 0 Å². The molecule has 1 heterocycles. The number of nitrogens with one attached hydrogen (secondary N) is 2. The van der Waals surface area contributed by atoms with Crippen molar-refractivity contribution in [1.29, 1.82) is 0 Å². The van der Waals surface area contributed by atoms with Crippen molar-refractivity contribution in [3.05, 3.63) is 59.9 Å². The van der Waals surface area contributed by atoms with Gasteiger partial charge in [0.2, 0.25) is 5.91 Å². The molecule has 0 radical (unpaired) electrons. The van der Waals surface area contributed by atoms with Crippen LogP contribution in [0.4, 0.5) is 5.69 Å². The molecule has 5 nitrogen and oxygen atoms in total. The molecule has 7 heteroatoms. The Hall–Kier alpha value is -2.25. The summed E-state index contributed by atoms with van der Waals surface area (Å²) in [5, 5.41) is 6.89. The summed E-state index contributed by atoms with van der Waals surface area (Å²) in [6, 6.07) is 11.6. The van der Waals surface area contributed by atoms with Crippen molar-refractivity contribution in [2.45, 2.75) is 26.2 Å². The molecule has 0 saturated heterocycles. The van der Waals surface area contributed by atoms with Crippen LogP contribution in [-0.2, 0) is 10.2 Å². The summed E-state index contributed by atoms with van der Waals surface area (Å²) in [5.74, 6) is 0.105. The van der Waals surface area contributed by atoms with Crippen LogP contribution < -0.4 is 10.7 Å². The Labute approximate surface area is 163 Å². The second-order valence-electron chi connectivity index (χ2n) is 6.61. The number of pyridine rings is 1. The van der Waals surface area contributed by atoms with Gasteiger partial charge in [-0.3, -0.25) is 15.2 Å². The molecule has 0 saturated carbocycles. The Morgan fingerprint density at radius 1 is 1.27 bits per heavy atom. The Morgan fingerprint density at radius 2 is 2.00 bits per heavy atom. The smallest absolute Gasteiger partial charge is 0.234 e. The number of hydrogen-bond donors (Lipinski definition) is 2. The summed E-state index contributed by atoms with van der Waals surface area (Å²) in [7, 11) is 0. The van der Waals surface area contributed by atoms with E-state index in [2.05, 4.69) is 41.6 Å². The minimum Gasteiger partial charge on any atom is -0.325 e. The van der Waals surface area contributed by atoms with Crippen LogP contribution in [0.3, 0.4) is 0 Å². The highest BCUT2D eigenvalue weighted by atomic mass is 32.2. The molecule has 2 N–H and O–H groups in total. The van der Waals surface area contributed by atoms with Gasteiger partial charge in [0, 0.05) is 23.6 Å². The number of thiocarbonyl (C=S) groups is 1. The van der Waals surface area contributed by atoms with E-state index in [0.717, 1.165) is 11.3 Å². The fraction of sp³-hybridized carbons (Fsp3) is 0.263. The van der Waals surface area contributed by atoms with Crippen LogP contribution in [0.2, 0.25) is 0 Å². The molecular weight excluding hydrogens is 364 g/mol. The maximum atomic E-state index is 12.0. The molecule has 0 unspecified atom stereocenters. The van der Waals surface area contributed by atoms with Crippen molar-refractivity contribution in [2.24, 2.45) is 5.10 Å². The second-order valence-corrected chi connectivity index (χ2v) is 8.26. The number of rotatable bonds is 5. The van der Waals surface area contributed by atoms with E-state index in [0.29, 0.717) is 4.32 Å². The van der Waals surface area contributed by atoms with Crippen molar-refractivity contribution in [3.8, 4) is 0 Å². The minimum atomic E-state index is -0.112. The van der Waals surface area contributed by atoms with E-state index in [-0.39, 0.29) is 17.1 Å². The van der Waals surface area contributed by atoms with Crippen LogP contribution in [0.15, 0.2) is 53.9 Å². The molecule has 0 bridgehead atoms. The van der Waals surface area contributed by atoms with Gasteiger partial charge in [0.25, 0.3) is 0 Å². The summed E-state index contributed by atoms with van der Waals surface area (Å²) < 4.78 is 0.434. The zero-order chi connectivity index (χ0) is 19.0. The highest BCUT2D eigenvalue weighted by molar-refractivity contribution is 8.23. The van der Waals surface area contributed by atoms with E-state index in [1.807, 2.05) is 36.4 Å². The minimum absolute atomic E-state index is 0.0899. The van der Waals surface area contributed by atoms with Gasteiger partial charge in [0.15, 0.2) is 4.32 Å². The van der Waals surface area contributed by atoms with Crippen LogP contribution in [0.25, 0.3) is 0 Å². The molecule has 0 atom stereocenters. The number of aromatic nitrogens is 1. The van der Waals surface area contributed by atoms with Crippen LogP contribution in [0.5, 0.6) is 0 Å². The van der Waals surface area contributed by atoms with Gasteiger partial charge in [0.1, 0.15) is 0 Å². The highest BCUT2D eigenvalue weighted by Crippen LogP contribution is 2.23. The van der Waals surface area contributed by atoms with E-state index in [1.165, 1.54) is 17.3 Å². The van der Waals surface area contributed by atoms with Crippen molar-refractivity contribution in [2.75, 3.05) is 11.1 Å². The Kier molecular flexibility index (Phi) is 7.29. The van der Waals surface area contributed by atoms with Crippen LogP contribution >= 0.6 is 24.0 Å². The molecule has 26 heavy (non-hydrogen) atoms. The number of anilines is 1.